The lowest BCUT2D eigenvalue weighted by molar-refractivity contribution is -0.0440. The van der Waals surface area contributed by atoms with E-state index in [2.05, 4.69) is 10.1 Å². The number of alkyl halides is 3. The Morgan fingerprint density at radius 2 is 2.33 bits per heavy atom. The number of aromatic nitrogens is 2. The van der Waals surface area contributed by atoms with E-state index >= 15 is 0 Å². The number of hydrogen-bond donors (Lipinski definition) is 0. The fourth-order valence-electron chi connectivity index (χ4n) is 2.31. The van der Waals surface area contributed by atoms with Gasteiger partial charge in [0.05, 0.1) is 5.38 Å². The van der Waals surface area contributed by atoms with Crippen molar-refractivity contribution in [3.8, 4) is 0 Å². The first-order chi connectivity index (χ1) is 8.52. The van der Waals surface area contributed by atoms with Crippen molar-refractivity contribution in [1.82, 2.24) is 10.1 Å². The van der Waals surface area contributed by atoms with E-state index in [-0.39, 0.29) is 24.1 Å². The Bertz CT molecular complexity index is 397. The molecular weight excluding hydrogens is 262 g/mol. The van der Waals surface area contributed by atoms with Crippen LogP contribution in [-0.4, -0.2) is 16.1 Å². The van der Waals surface area contributed by atoms with Gasteiger partial charge in [-0.2, -0.15) is 4.98 Å². The van der Waals surface area contributed by atoms with Gasteiger partial charge in [-0.1, -0.05) is 18.5 Å². The molecule has 0 bridgehead atoms. The van der Waals surface area contributed by atoms with E-state index in [1.54, 1.807) is 0 Å². The summed E-state index contributed by atoms with van der Waals surface area (Å²) in [5.74, 6) is -2.21. The molecule has 102 valence electrons. The zero-order chi connectivity index (χ0) is 13.2. The normalized spacial score (nSPS) is 25.0. The smallest absolute Gasteiger partial charge is 0.248 e. The van der Waals surface area contributed by atoms with E-state index in [0.717, 1.165) is 12.8 Å². The second-order valence-electron chi connectivity index (χ2n) is 4.90. The first-order valence-corrected chi connectivity index (χ1v) is 6.81. The molecule has 0 aliphatic heterocycles. The summed E-state index contributed by atoms with van der Waals surface area (Å²) in [6.45, 7) is 2.01. The van der Waals surface area contributed by atoms with Crippen LogP contribution >= 0.6 is 11.6 Å². The predicted octanol–water partition coefficient (Wildman–Crippen LogP) is 4.44. The molecule has 1 aliphatic rings. The van der Waals surface area contributed by atoms with Gasteiger partial charge in [-0.05, 0) is 19.3 Å². The van der Waals surface area contributed by atoms with Crippen molar-refractivity contribution in [1.29, 1.82) is 0 Å². The van der Waals surface area contributed by atoms with Gasteiger partial charge < -0.3 is 4.52 Å². The zero-order valence-electron chi connectivity index (χ0n) is 10.3. The molecule has 2 rings (SSSR count). The third kappa shape index (κ3) is 3.19. The lowest BCUT2D eigenvalue weighted by Gasteiger charge is -2.26. The maximum atomic E-state index is 13.3. The molecule has 1 heterocycles. The highest BCUT2D eigenvalue weighted by molar-refractivity contribution is 6.20. The second kappa shape index (κ2) is 5.51. The van der Waals surface area contributed by atoms with Gasteiger partial charge in [0.1, 0.15) is 0 Å². The molecule has 0 saturated heterocycles. The Hall–Kier alpha value is -0.710. The minimum atomic E-state index is -2.61. The maximum Gasteiger partial charge on any atom is 0.248 e. The molecule has 2 unspecified atom stereocenters. The van der Waals surface area contributed by atoms with Gasteiger partial charge in [0, 0.05) is 18.8 Å². The molecule has 0 spiro atoms. The average molecular weight is 279 g/mol. The molecule has 18 heavy (non-hydrogen) atoms. The van der Waals surface area contributed by atoms with Crippen LogP contribution in [0.4, 0.5) is 8.78 Å². The summed E-state index contributed by atoms with van der Waals surface area (Å²) in [4.78, 5) is 4.17. The molecule has 3 nitrogen and oxygen atoms in total. The molecule has 0 radical (unpaired) electrons. The third-order valence-corrected chi connectivity index (χ3v) is 3.68. The summed E-state index contributed by atoms with van der Waals surface area (Å²) in [5.41, 5.74) is 0. The summed E-state index contributed by atoms with van der Waals surface area (Å²) in [6.07, 6.45) is 2.60. The van der Waals surface area contributed by atoms with Crippen molar-refractivity contribution in [2.75, 3.05) is 0 Å². The van der Waals surface area contributed by atoms with Crippen molar-refractivity contribution in [3.63, 3.8) is 0 Å². The van der Waals surface area contributed by atoms with E-state index in [4.69, 9.17) is 16.1 Å². The fourth-order valence-corrected chi connectivity index (χ4v) is 2.61. The second-order valence-corrected chi connectivity index (χ2v) is 5.42. The first kappa shape index (κ1) is 13.7. The minimum absolute atomic E-state index is 0.0432. The third-order valence-electron chi connectivity index (χ3n) is 3.27. The summed E-state index contributed by atoms with van der Waals surface area (Å²) in [6, 6.07) is 0. The molecule has 1 saturated carbocycles. The Morgan fingerprint density at radius 1 is 1.56 bits per heavy atom. The average Bonchev–Trinajstić information content (AvgIpc) is 2.77. The van der Waals surface area contributed by atoms with E-state index in [1.165, 1.54) is 0 Å². The molecule has 6 heteroatoms. The quantitative estimate of drug-likeness (QED) is 0.764. The van der Waals surface area contributed by atoms with E-state index < -0.39 is 5.92 Å². The van der Waals surface area contributed by atoms with Crippen LogP contribution in [0.5, 0.6) is 0 Å². The first-order valence-electron chi connectivity index (χ1n) is 6.37. The Balaban J connectivity index is 2.05. The number of hydrogen-bond acceptors (Lipinski definition) is 3. The molecule has 0 aromatic carbocycles. The van der Waals surface area contributed by atoms with Crippen molar-refractivity contribution in [3.05, 3.63) is 11.7 Å². The fraction of sp³-hybridized carbons (Fsp3) is 0.833. The SMILES string of the molecule is CCCC(Cl)c1noc(C2CCCC(F)(F)C2)n1. The summed E-state index contributed by atoms with van der Waals surface area (Å²) in [5, 5.41) is 3.50. The lowest BCUT2D eigenvalue weighted by Crippen LogP contribution is -2.25. The monoisotopic (exact) mass is 278 g/mol. The van der Waals surface area contributed by atoms with Crippen LogP contribution in [0, 0.1) is 0 Å². The number of rotatable bonds is 4. The van der Waals surface area contributed by atoms with Gasteiger partial charge >= 0.3 is 0 Å². The Kier molecular flexibility index (Phi) is 4.20. The number of halogens is 3. The summed E-state index contributed by atoms with van der Waals surface area (Å²) in [7, 11) is 0. The molecule has 0 N–H and O–H groups in total. The van der Waals surface area contributed by atoms with Gasteiger partial charge in [-0.25, -0.2) is 8.78 Å². The van der Waals surface area contributed by atoms with E-state index in [9.17, 15) is 8.78 Å². The predicted molar refractivity (Wildman–Crippen MR) is 64.0 cm³/mol. The minimum Gasteiger partial charge on any atom is -0.339 e. The Labute approximate surface area is 110 Å². The maximum absolute atomic E-state index is 13.3. The van der Waals surface area contributed by atoms with Crippen LogP contribution in [-0.2, 0) is 0 Å². The largest absolute Gasteiger partial charge is 0.339 e. The zero-order valence-corrected chi connectivity index (χ0v) is 11.1. The lowest BCUT2D eigenvalue weighted by atomic mass is 9.86. The van der Waals surface area contributed by atoms with Crippen molar-refractivity contribution < 1.29 is 13.3 Å². The molecule has 1 aromatic rings. The molecule has 1 fully saturated rings. The van der Waals surface area contributed by atoms with E-state index in [0.29, 0.717) is 24.6 Å². The van der Waals surface area contributed by atoms with Crippen LogP contribution in [0.3, 0.4) is 0 Å². The van der Waals surface area contributed by atoms with E-state index in [1.807, 2.05) is 6.92 Å². The Morgan fingerprint density at radius 3 is 3.00 bits per heavy atom. The highest BCUT2D eigenvalue weighted by atomic mass is 35.5. The van der Waals surface area contributed by atoms with Crippen LogP contribution in [0.15, 0.2) is 4.52 Å². The van der Waals surface area contributed by atoms with Gasteiger partial charge in [0.25, 0.3) is 0 Å². The molecule has 2 atom stereocenters. The molecule has 1 aliphatic carbocycles. The van der Waals surface area contributed by atoms with Gasteiger partial charge in [-0.15, -0.1) is 11.6 Å². The summed E-state index contributed by atoms with van der Waals surface area (Å²) >= 11 is 6.08. The van der Waals surface area contributed by atoms with Gasteiger partial charge in [0.15, 0.2) is 5.82 Å². The van der Waals surface area contributed by atoms with Crippen LogP contribution < -0.4 is 0 Å². The molecule has 1 aromatic heterocycles. The van der Waals surface area contributed by atoms with Crippen LogP contribution in [0.2, 0.25) is 0 Å². The molecule has 0 amide bonds. The van der Waals surface area contributed by atoms with Crippen LogP contribution in [0.25, 0.3) is 0 Å². The van der Waals surface area contributed by atoms with Crippen molar-refractivity contribution in [2.45, 2.75) is 62.7 Å². The van der Waals surface area contributed by atoms with Gasteiger partial charge in [0.2, 0.25) is 11.8 Å². The number of nitrogens with zero attached hydrogens (tertiary/aromatic N) is 2. The highest BCUT2D eigenvalue weighted by Gasteiger charge is 2.39. The molecular formula is C12H17ClF2N2O. The topological polar surface area (TPSA) is 38.9 Å². The summed E-state index contributed by atoms with van der Waals surface area (Å²) < 4.78 is 31.7. The van der Waals surface area contributed by atoms with Crippen molar-refractivity contribution >= 4 is 11.6 Å². The van der Waals surface area contributed by atoms with Gasteiger partial charge in [-0.3, -0.25) is 0 Å². The highest BCUT2D eigenvalue weighted by Crippen LogP contribution is 2.41. The van der Waals surface area contributed by atoms with Crippen LogP contribution in [0.1, 0.15) is 68.5 Å². The standard InChI is InChI=1S/C12H17ClF2N2O/c1-2-4-9(13)10-16-11(18-17-10)8-5-3-6-12(14,15)7-8/h8-9H,2-7H2,1H3. The van der Waals surface area contributed by atoms with Crippen molar-refractivity contribution in [2.24, 2.45) is 0 Å².